The fraction of sp³-hybridized carbons (Fsp3) is 0.625. The Morgan fingerprint density at radius 1 is 1.10 bits per heavy atom. The zero-order chi connectivity index (χ0) is 15.0. The molecule has 3 nitrogen and oxygen atoms in total. The molecular formula is C16H25NO2S. The molecule has 2 rings (SSSR count). The molecule has 0 aromatic heterocycles. The van der Waals surface area contributed by atoms with Gasteiger partial charge in [-0.3, -0.25) is 0 Å². The van der Waals surface area contributed by atoms with Crippen molar-refractivity contribution >= 4 is 9.84 Å². The van der Waals surface area contributed by atoms with Crippen LogP contribution in [0.5, 0.6) is 0 Å². The van der Waals surface area contributed by atoms with E-state index in [1.807, 2.05) is 12.1 Å². The number of rotatable bonds is 2. The standard InChI is InChI=1S/C16H25NO2S/c1-16(2,3)12-7-9-14(10-8-12)20(18,19)15-6-4-5-13(17)11-15/h7-10,13,15H,4-6,11,17H2,1-3H3. The van der Waals surface area contributed by atoms with E-state index in [9.17, 15) is 8.42 Å². The molecule has 0 saturated heterocycles. The van der Waals surface area contributed by atoms with Crippen LogP contribution in [-0.4, -0.2) is 19.7 Å². The summed E-state index contributed by atoms with van der Waals surface area (Å²) in [6.45, 7) is 6.37. The molecule has 4 heteroatoms. The summed E-state index contributed by atoms with van der Waals surface area (Å²) in [7, 11) is -3.24. The first-order valence-electron chi connectivity index (χ1n) is 7.31. The first kappa shape index (κ1) is 15.5. The molecule has 0 spiro atoms. The monoisotopic (exact) mass is 295 g/mol. The highest BCUT2D eigenvalue weighted by molar-refractivity contribution is 7.92. The second-order valence-corrected chi connectivity index (χ2v) is 9.10. The molecule has 1 aliphatic carbocycles. The highest BCUT2D eigenvalue weighted by Crippen LogP contribution is 2.30. The number of hydrogen-bond acceptors (Lipinski definition) is 3. The smallest absolute Gasteiger partial charge is 0.181 e. The maximum absolute atomic E-state index is 12.6. The van der Waals surface area contributed by atoms with Crippen LogP contribution in [0, 0.1) is 0 Å². The van der Waals surface area contributed by atoms with Gasteiger partial charge in [-0.05, 0) is 42.4 Å². The largest absolute Gasteiger partial charge is 0.328 e. The van der Waals surface area contributed by atoms with Crippen LogP contribution in [0.3, 0.4) is 0 Å². The molecule has 0 aliphatic heterocycles. The van der Waals surface area contributed by atoms with Crippen LogP contribution in [0.4, 0.5) is 0 Å². The minimum Gasteiger partial charge on any atom is -0.328 e. The number of benzene rings is 1. The van der Waals surface area contributed by atoms with Gasteiger partial charge in [0.1, 0.15) is 0 Å². The summed E-state index contributed by atoms with van der Waals surface area (Å²) < 4.78 is 25.3. The molecule has 2 unspecified atom stereocenters. The minimum absolute atomic E-state index is 0.0253. The van der Waals surface area contributed by atoms with Crippen LogP contribution < -0.4 is 5.73 Å². The molecule has 1 saturated carbocycles. The van der Waals surface area contributed by atoms with E-state index in [4.69, 9.17) is 5.73 Å². The lowest BCUT2D eigenvalue weighted by molar-refractivity contribution is 0.433. The highest BCUT2D eigenvalue weighted by atomic mass is 32.2. The van der Waals surface area contributed by atoms with Gasteiger partial charge >= 0.3 is 0 Å². The molecule has 20 heavy (non-hydrogen) atoms. The quantitative estimate of drug-likeness (QED) is 0.912. The number of hydrogen-bond donors (Lipinski definition) is 1. The van der Waals surface area contributed by atoms with Crippen LogP contribution in [0.2, 0.25) is 0 Å². The Bertz CT molecular complexity index is 555. The lowest BCUT2D eigenvalue weighted by Crippen LogP contribution is -2.35. The van der Waals surface area contributed by atoms with E-state index in [0.29, 0.717) is 11.3 Å². The van der Waals surface area contributed by atoms with Gasteiger partial charge in [0.15, 0.2) is 9.84 Å². The molecule has 112 valence electrons. The van der Waals surface area contributed by atoms with Crippen molar-refractivity contribution in [2.45, 2.75) is 68.1 Å². The van der Waals surface area contributed by atoms with Crippen molar-refractivity contribution in [3.05, 3.63) is 29.8 Å². The first-order valence-corrected chi connectivity index (χ1v) is 8.86. The number of sulfone groups is 1. The second-order valence-electron chi connectivity index (χ2n) is 6.87. The van der Waals surface area contributed by atoms with Crippen molar-refractivity contribution in [2.24, 2.45) is 5.73 Å². The highest BCUT2D eigenvalue weighted by Gasteiger charge is 2.31. The van der Waals surface area contributed by atoms with Gasteiger partial charge in [0.2, 0.25) is 0 Å². The molecule has 0 heterocycles. The summed E-state index contributed by atoms with van der Waals surface area (Å²) in [6.07, 6.45) is 3.17. The van der Waals surface area contributed by atoms with Crippen LogP contribution in [0.1, 0.15) is 52.0 Å². The third-order valence-corrected chi connectivity index (χ3v) is 6.39. The Morgan fingerprint density at radius 3 is 2.20 bits per heavy atom. The molecule has 1 aliphatic rings. The Kier molecular flexibility index (Phi) is 4.26. The predicted octanol–water partition coefficient (Wildman–Crippen LogP) is 3.03. The van der Waals surface area contributed by atoms with Gasteiger partial charge in [0.25, 0.3) is 0 Å². The fourth-order valence-electron chi connectivity index (χ4n) is 2.80. The Balaban J connectivity index is 2.26. The van der Waals surface area contributed by atoms with Crippen molar-refractivity contribution in [2.75, 3.05) is 0 Å². The summed E-state index contributed by atoms with van der Waals surface area (Å²) in [4.78, 5) is 0.435. The molecule has 1 aromatic rings. The zero-order valence-electron chi connectivity index (χ0n) is 12.6. The summed E-state index contributed by atoms with van der Waals surface area (Å²) in [5, 5.41) is -0.313. The van der Waals surface area contributed by atoms with Crippen LogP contribution in [-0.2, 0) is 15.3 Å². The summed E-state index contributed by atoms with van der Waals surface area (Å²) in [5.74, 6) is 0. The molecule has 2 N–H and O–H groups in total. The van der Waals surface area contributed by atoms with Crippen molar-refractivity contribution in [1.29, 1.82) is 0 Å². The molecule has 0 amide bonds. The van der Waals surface area contributed by atoms with Crippen LogP contribution in [0.15, 0.2) is 29.2 Å². The average Bonchev–Trinajstić information content (AvgIpc) is 2.38. The third kappa shape index (κ3) is 3.23. The summed E-state index contributed by atoms with van der Waals surface area (Å²) >= 11 is 0. The third-order valence-electron chi connectivity index (χ3n) is 4.15. The SMILES string of the molecule is CC(C)(C)c1ccc(S(=O)(=O)C2CCCC(N)C2)cc1. The average molecular weight is 295 g/mol. The Labute approximate surface area is 122 Å². The van der Waals surface area contributed by atoms with Crippen molar-refractivity contribution < 1.29 is 8.42 Å². The van der Waals surface area contributed by atoms with E-state index in [-0.39, 0.29) is 16.7 Å². The summed E-state index contributed by atoms with van der Waals surface area (Å²) in [5.41, 5.74) is 7.10. The van der Waals surface area contributed by atoms with E-state index < -0.39 is 9.84 Å². The molecule has 1 aromatic carbocycles. The lowest BCUT2D eigenvalue weighted by Gasteiger charge is -2.26. The van der Waals surface area contributed by atoms with E-state index >= 15 is 0 Å². The van der Waals surface area contributed by atoms with Gasteiger partial charge in [0, 0.05) is 6.04 Å². The molecule has 0 radical (unpaired) electrons. The van der Waals surface area contributed by atoms with Gasteiger partial charge in [-0.15, -0.1) is 0 Å². The second kappa shape index (κ2) is 5.49. The topological polar surface area (TPSA) is 60.2 Å². The van der Waals surface area contributed by atoms with Crippen LogP contribution >= 0.6 is 0 Å². The summed E-state index contributed by atoms with van der Waals surface area (Å²) in [6, 6.07) is 7.37. The lowest BCUT2D eigenvalue weighted by atomic mass is 9.87. The van der Waals surface area contributed by atoms with Gasteiger partial charge < -0.3 is 5.73 Å². The minimum atomic E-state index is -3.24. The normalized spacial score (nSPS) is 24.6. The van der Waals surface area contributed by atoms with Gasteiger partial charge in [-0.1, -0.05) is 39.3 Å². The first-order chi connectivity index (χ1) is 9.21. The van der Waals surface area contributed by atoms with E-state index in [2.05, 4.69) is 20.8 Å². The van der Waals surface area contributed by atoms with Crippen molar-refractivity contribution in [1.82, 2.24) is 0 Å². The van der Waals surface area contributed by atoms with E-state index in [1.165, 1.54) is 0 Å². The van der Waals surface area contributed by atoms with Crippen molar-refractivity contribution in [3.8, 4) is 0 Å². The molecular weight excluding hydrogens is 270 g/mol. The van der Waals surface area contributed by atoms with Gasteiger partial charge in [-0.25, -0.2) is 8.42 Å². The van der Waals surface area contributed by atoms with Crippen LogP contribution in [0.25, 0.3) is 0 Å². The van der Waals surface area contributed by atoms with Gasteiger partial charge in [-0.2, -0.15) is 0 Å². The molecule has 0 bridgehead atoms. The maximum atomic E-state index is 12.6. The van der Waals surface area contributed by atoms with E-state index in [0.717, 1.165) is 24.8 Å². The maximum Gasteiger partial charge on any atom is 0.181 e. The molecule has 1 fully saturated rings. The zero-order valence-corrected chi connectivity index (χ0v) is 13.4. The predicted molar refractivity (Wildman–Crippen MR) is 82.6 cm³/mol. The Morgan fingerprint density at radius 2 is 1.70 bits per heavy atom. The Hall–Kier alpha value is -0.870. The van der Waals surface area contributed by atoms with Crippen molar-refractivity contribution in [3.63, 3.8) is 0 Å². The fourth-order valence-corrected chi connectivity index (χ4v) is 4.68. The van der Waals surface area contributed by atoms with Gasteiger partial charge in [0.05, 0.1) is 10.1 Å². The number of nitrogens with two attached hydrogens (primary N) is 1. The van der Waals surface area contributed by atoms with E-state index in [1.54, 1.807) is 12.1 Å². The molecule has 2 atom stereocenters.